The molecule has 0 bridgehead atoms. The van der Waals surface area contributed by atoms with Crippen LogP contribution in [0.3, 0.4) is 0 Å². The molecule has 3 rings (SSSR count). The van der Waals surface area contributed by atoms with Gasteiger partial charge in [0, 0.05) is 25.5 Å². The normalized spacial score (nSPS) is 14.9. The summed E-state index contributed by atoms with van der Waals surface area (Å²) in [5, 5.41) is 12.9. The van der Waals surface area contributed by atoms with Gasteiger partial charge in [-0.2, -0.15) is 0 Å². The molecular formula is C15H20N6OS2. The van der Waals surface area contributed by atoms with Gasteiger partial charge in [0.2, 0.25) is 5.91 Å². The predicted octanol–water partition coefficient (Wildman–Crippen LogP) is 2.05. The fourth-order valence-electron chi connectivity index (χ4n) is 2.56. The number of hydrogen-bond donors (Lipinski definition) is 1. The Kier molecular flexibility index (Phi) is 6.08. The minimum atomic E-state index is 0.0727. The first-order valence-electron chi connectivity index (χ1n) is 7.92. The van der Waals surface area contributed by atoms with E-state index in [1.165, 1.54) is 36.4 Å². The van der Waals surface area contributed by atoms with Crippen LogP contribution < -0.4 is 5.32 Å². The number of carbonyl (C=O) groups is 1. The lowest BCUT2D eigenvalue weighted by molar-refractivity contribution is -0.119. The minimum Gasteiger partial charge on any atom is -0.353 e. The van der Waals surface area contributed by atoms with Crippen LogP contribution in [0.15, 0.2) is 28.8 Å². The lowest BCUT2D eigenvalue weighted by Gasteiger charge is -2.11. The number of thioether (sulfide) groups is 2. The Labute approximate surface area is 149 Å². The largest absolute Gasteiger partial charge is 0.353 e. The topological polar surface area (TPSA) is 85.6 Å². The lowest BCUT2D eigenvalue weighted by Crippen LogP contribution is -2.33. The van der Waals surface area contributed by atoms with Gasteiger partial charge >= 0.3 is 0 Å². The third-order valence-electron chi connectivity index (χ3n) is 3.85. The van der Waals surface area contributed by atoms with Gasteiger partial charge in [-0.1, -0.05) is 36.4 Å². The summed E-state index contributed by atoms with van der Waals surface area (Å²) in [6, 6.07) is 2.15. The fraction of sp³-hybridized carbons (Fsp3) is 0.533. The molecular weight excluding hydrogens is 344 g/mol. The maximum absolute atomic E-state index is 12.0. The van der Waals surface area contributed by atoms with Gasteiger partial charge in [0.25, 0.3) is 0 Å². The monoisotopic (exact) mass is 364 g/mol. The Morgan fingerprint density at radius 3 is 2.75 bits per heavy atom. The fourth-order valence-corrected chi connectivity index (χ4v) is 4.08. The van der Waals surface area contributed by atoms with Gasteiger partial charge in [-0.15, -0.1) is 10.2 Å². The molecule has 0 spiro atoms. The first-order chi connectivity index (χ1) is 11.7. The van der Waals surface area contributed by atoms with E-state index in [4.69, 9.17) is 0 Å². The summed E-state index contributed by atoms with van der Waals surface area (Å²) < 4.78 is 1.92. The second-order valence-electron chi connectivity index (χ2n) is 5.62. The molecule has 0 saturated heterocycles. The van der Waals surface area contributed by atoms with E-state index in [0.29, 0.717) is 22.7 Å². The summed E-state index contributed by atoms with van der Waals surface area (Å²) in [5.41, 5.74) is 0. The van der Waals surface area contributed by atoms with Crippen molar-refractivity contribution in [1.29, 1.82) is 0 Å². The van der Waals surface area contributed by atoms with E-state index in [2.05, 4.69) is 25.5 Å². The van der Waals surface area contributed by atoms with Crippen molar-refractivity contribution in [1.82, 2.24) is 30.0 Å². The van der Waals surface area contributed by atoms with Crippen LogP contribution >= 0.6 is 23.5 Å². The van der Waals surface area contributed by atoms with Crippen molar-refractivity contribution < 1.29 is 4.79 Å². The lowest BCUT2D eigenvalue weighted by atomic mass is 10.2. The molecule has 128 valence electrons. The summed E-state index contributed by atoms with van der Waals surface area (Å²) in [5.74, 6) is 1.93. The standard InChI is InChI=1S/C15H20N6OS2/c1-21-12(9-23-14-16-7-4-8-17-14)19-20-15(21)24-10-13(22)18-11-5-2-3-6-11/h4,7-8,11H,2-3,5-6,9-10H2,1H3,(H,18,22). The van der Waals surface area contributed by atoms with Crippen molar-refractivity contribution in [2.24, 2.45) is 7.05 Å². The molecule has 0 aliphatic heterocycles. The predicted molar refractivity (Wildman–Crippen MR) is 93.7 cm³/mol. The molecule has 9 heteroatoms. The maximum Gasteiger partial charge on any atom is 0.230 e. The van der Waals surface area contributed by atoms with Crippen LogP contribution in [-0.2, 0) is 17.6 Å². The molecule has 0 aromatic carbocycles. The van der Waals surface area contributed by atoms with Crippen LogP contribution in [0.4, 0.5) is 0 Å². The third kappa shape index (κ3) is 4.70. The Hall–Kier alpha value is -1.61. The van der Waals surface area contributed by atoms with Gasteiger partial charge in [-0.25, -0.2) is 9.97 Å². The zero-order valence-electron chi connectivity index (χ0n) is 13.5. The van der Waals surface area contributed by atoms with Gasteiger partial charge in [0.1, 0.15) is 5.82 Å². The Bertz CT molecular complexity index is 672. The number of nitrogens with one attached hydrogen (secondary N) is 1. The molecule has 0 atom stereocenters. The van der Waals surface area contributed by atoms with E-state index in [9.17, 15) is 4.79 Å². The first kappa shape index (κ1) is 17.2. The van der Waals surface area contributed by atoms with Gasteiger partial charge in [-0.3, -0.25) is 4.79 Å². The van der Waals surface area contributed by atoms with Crippen molar-refractivity contribution in [3.05, 3.63) is 24.3 Å². The van der Waals surface area contributed by atoms with Crippen molar-refractivity contribution in [2.45, 2.75) is 47.8 Å². The minimum absolute atomic E-state index is 0.0727. The molecule has 1 saturated carbocycles. The van der Waals surface area contributed by atoms with Crippen molar-refractivity contribution >= 4 is 29.4 Å². The highest BCUT2D eigenvalue weighted by atomic mass is 32.2. The molecule has 7 nitrogen and oxygen atoms in total. The summed E-state index contributed by atoms with van der Waals surface area (Å²) in [6.07, 6.45) is 8.07. The van der Waals surface area contributed by atoms with Crippen molar-refractivity contribution in [3.63, 3.8) is 0 Å². The number of aromatic nitrogens is 5. The average Bonchev–Trinajstić information content (AvgIpc) is 3.22. The molecule has 1 N–H and O–H groups in total. The highest BCUT2D eigenvalue weighted by Crippen LogP contribution is 2.21. The summed E-state index contributed by atoms with van der Waals surface area (Å²) in [7, 11) is 1.92. The number of hydrogen-bond acceptors (Lipinski definition) is 7. The number of nitrogens with zero attached hydrogens (tertiary/aromatic N) is 5. The molecule has 1 fully saturated rings. The van der Waals surface area contributed by atoms with Crippen LogP contribution in [0, 0.1) is 0 Å². The van der Waals surface area contributed by atoms with E-state index in [0.717, 1.165) is 23.8 Å². The average molecular weight is 365 g/mol. The van der Waals surface area contributed by atoms with Crippen LogP contribution in [0.5, 0.6) is 0 Å². The van der Waals surface area contributed by atoms with Crippen LogP contribution in [0.2, 0.25) is 0 Å². The van der Waals surface area contributed by atoms with E-state index in [1.54, 1.807) is 18.5 Å². The van der Waals surface area contributed by atoms with E-state index in [1.807, 2.05) is 11.6 Å². The van der Waals surface area contributed by atoms with Crippen LogP contribution in [-0.4, -0.2) is 42.4 Å². The molecule has 2 heterocycles. The number of amides is 1. The molecule has 24 heavy (non-hydrogen) atoms. The quantitative estimate of drug-likeness (QED) is 0.594. The second-order valence-corrected chi connectivity index (χ2v) is 7.50. The highest BCUT2D eigenvalue weighted by Gasteiger charge is 2.18. The summed E-state index contributed by atoms with van der Waals surface area (Å²) >= 11 is 2.93. The molecule has 2 aromatic heterocycles. The van der Waals surface area contributed by atoms with Crippen molar-refractivity contribution in [2.75, 3.05) is 5.75 Å². The van der Waals surface area contributed by atoms with Gasteiger partial charge in [-0.05, 0) is 18.9 Å². The zero-order valence-corrected chi connectivity index (χ0v) is 15.1. The maximum atomic E-state index is 12.0. The van der Waals surface area contributed by atoms with Gasteiger partial charge in [0.05, 0.1) is 11.5 Å². The van der Waals surface area contributed by atoms with Crippen molar-refractivity contribution in [3.8, 4) is 0 Å². The molecule has 0 radical (unpaired) electrons. The molecule has 1 aliphatic rings. The Morgan fingerprint density at radius 2 is 2.00 bits per heavy atom. The number of rotatable bonds is 7. The molecule has 2 aromatic rings. The first-order valence-corrected chi connectivity index (χ1v) is 9.90. The third-order valence-corrected chi connectivity index (χ3v) is 5.74. The summed E-state index contributed by atoms with van der Waals surface area (Å²) in [6.45, 7) is 0. The summed E-state index contributed by atoms with van der Waals surface area (Å²) in [4.78, 5) is 20.3. The molecule has 1 aliphatic carbocycles. The van der Waals surface area contributed by atoms with E-state index >= 15 is 0 Å². The van der Waals surface area contributed by atoms with Crippen LogP contribution in [0.25, 0.3) is 0 Å². The van der Waals surface area contributed by atoms with Gasteiger partial charge < -0.3 is 9.88 Å². The Balaban J connectivity index is 1.48. The van der Waals surface area contributed by atoms with Crippen LogP contribution in [0.1, 0.15) is 31.5 Å². The van der Waals surface area contributed by atoms with E-state index < -0.39 is 0 Å². The Morgan fingerprint density at radius 1 is 1.25 bits per heavy atom. The number of carbonyl (C=O) groups excluding carboxylic acids is 1. The van der Waals surface area contributed by atoms with Gasteiger partial charge in [0.15, 0.2) is 10.3 Å². The smallest absolute Gasteiger partial charge is 0.230 e. The van der Waals surface area contributed by atoms with E-state index in [-0.39, 0.29) is 5.91 Å². The highest BCUT2D eigenvalue weighted by molar-refractivity contribution is 7.99. The second kappa shape index (κ2) is 8.48. The molecule has 0 unspecified atom stereocenters. The SMILES string of the molecule is Cn1c(CSc2ncccn2)nnc1SCC(=O)NC1CCCC1. The zero-order chi connectivity index (χ0) is 16.8. The molecule has 1 amide bonds.